The summed E-state index contributed by atoms with van der Waals surface area (Å²) in [7, 11) is 0. The molecule has 0 spiro atoms. The van der Waals surface area contributed by atoms with Crippen molar-refractivity contribution in [2.24, 2.45) is 4.99 Å². The molecule has 2 aromatic rings. The highest BCUT2D eigenvalue weighted by Crippen LogP contribution is 2.39. The second kappa shape index (κ2) is 15.5. The quantitative estimate of drug-likeness (QED) is 0.176. The zero-order valence-corrected chi connectivity index (χ0v) is 21.2. The van der Waals surface area contributed by atoms with E-state index in [-0.39, 0.29) is 0 Å². The van der Waals surface area contributed by atoms with Crippen LogP contribution in [0.15, 0.2) is 29.3 Å². The number of unbranched alkanes of at least 4 members (excludes halogenated alkanes) is 15. The van der Waals surface area contributed by atoms with Crippen LogP contribution in [0.4, 0.5) is 5.69 Å². The molecule has 0 N–H and O–H groups in total. The minimum atomic E-state index is 1.03. The summed E-state index contributed by atoms with van der Waals surface area (Å²) in [4.78, 5) is 9.78. The number of hydrogen-bond acceptors (Lipinski definition) is 3. The number of nitrogens with zero attached hydrogens (tertiary/aromatic N) is 2. The van der Waals surface area contributed by atoms with Crippen molar-refractivity contribution in [2.75, 3.05) is 0 Å². The maximum Gasteiger partial charge on any atom is 0.0778 e. The second-order valence-corrected chi connectivity index (χ2v) is 10.4. The van der Waals surface area contributed by atoms with Gasteiger partial charge in [0.15, 0.2) is 0 Å². The SMILES string of the molecule is CCCCCCCCCCCCCCCCCC=Nc1c2c(nc3ccccc13)CSC2. The van der Waals surface area contributed by atoms with Gasteiger partial charge in [-0.05, 0) is 18.9 Å². The fourth-order valence-electron chi connectivity index (χ4n) is 4.71. The average Bonchev–Trinajstić information content (AvgIpc) is 3.28. The number of aromatic nitrogens is 1. The standard InChI is InChI=1S/C29H44N2S/c1-2-3-4-5-6-7-8-9-10-11-12-13-14-15-16-19-22-30-29-25-20-17-18-21-27(25)31-28-24-32-23-26(28)29/h17-18,20-22H,2-16,19,23-24H2,1H3. The van der Waals surface area contributed by atoms with E-state index in [9.17, 15) is 0 Å². The molecule has 1 aromatic heterocycles. The molecule has 0 aliphatic carbocycles. The lowest BCUT2D eigenvalue weighted by Gasteiger charge is -2.07. The first-order valence-electron chi connectivity index (χ1n) is 13.4. The molecule has 0 amide bonds. The first-order valence-corrected chi connectivity index (χ1v) is 14.6. The molecule has 0 bridgehead atoms. The van der Waals surface area contributed by atoms with Gasteiger partial charge in [0, 0.05) is 28.7 Å². The van der Waals surface area contributed by atoms with Crippen molar-refractivity contribution in [3.8, 4) is 0 Å². The highest BCUT2D eigenvalue weighted by atomic mass is 32.2. The molecule has 1 aliphatic rings. The topological polar surface area (TPSA) is 25.2 Å². The minimum absolute atomic E-state index is 1.03. The number of pyridine rings is 1. The Morgan fingerprint density at radius 1 is 0.781 bits per heavy atom. The van der Waals surface area contributed by atoms with Crippen LogP contribution in [0.1, 0.15) is 121 Å². The van der Waals surface area contributed by atoms with Crippen molar-refractivity contribution in [3.63, 3.8) is 0 Å². The van der Waals surface area contributed by atoms with Crippen LogP contribution in [0.5, 0.6) is 0 Å². The molecule has 2 heterocycles. The van der Waals surface area contributed by atoms with Gasteiger partial charge in [-0.15, -0.1) is 0 Å². The summed E-state index contributed by atoms with van der Waals surface area (Å²) in [6.45, 7) is 2.30. The van der Waals surface area contributed by atoms with Crippen LogP contribution < -0.4 is 0 Å². The molecule has 32 heavy (non-hydrogen) atoms. The summed E-state index contributed by atoms with van der Waals surface area (Å²) in [6, 6.07) is 8.47. The van der Waals surface area contributed by atoms with E-state index in [2.05, 4.69) is 37.4 Å². The Bertz CT molecular complexity index is 814. The third-order valence-corrected chi connectivity index (χ3v) is 7.66. The van der Waals surface area contributed by atoms with Crippen LogP contribution in [0, 0.1) is 0 Å². The fourth-order valence-corrected chi connectivity index (χ4v) is 5.76. The van der Waals surface area contributed by atoms with Gasteiger partial charge in [0.25, 0.3) is 0 Å². The van der Waals surface area contributed by atoms with E-state index in [4.69, 9.17) is 9.98 Å². The molecule has 0 unspecified atom stereocenters. The Balaban J connectivity index is 1.22. The van der Waals surface area contributed by atoms with Gasteiger partial charge < -0.3 is 0 Å². The van der Waals surface area contributed by atoms with Gasteiger partial charge in [-0.1, -0.05) is 115 Å². The van der Waals surface area contributed by atoms with E-state index in [1.54, 1.807) is 0 Å². The number of rotatable bonds is 17. The molecule has 2 nitrogen and oxygen atoms in total. The first kappa shape index (κ1) is 25.3. The van der Waals surface area contributed by atoms with Crippen LogP contribution in [0.3, 0.4) is 0 Å². The summed E-state index contributed by atoms with van der Waals surface area (Å²) >= 11 is 1.96. The van der Waals surface area contributed by atoms with E-state index in [1.807, 2.05) is 11.8 Å². The Kier molecular flexibility index (Phi) is 12.2. The first-order chi connectivity index (χ1) is 15.9. The minimum Gasteiger partial charge on any atom is -0.260 e. The third-order valence-electron chi connectivity index (χ3n) is 6.69. The highest BCUT2D eigenvalue weighted by Gasteiger charge is 2.19. The second-order valence-electron chi connectivity index (χ2n) is 9.45. The molecular formula is C29H44N2S. The van der Waals surface area contributed by atoms with E-state index in [1.165, 1.54) is 119 Å². The van der Waals surface area contributed by atoms with E-state index >= 15 is 0 Å². The van der Waals surface area contributed by atoms with Gasteiger partial charge in [-0.25, -0.2) is 0 Å². The van der Waals surface area contributed by atoms with Crippen molar-refractivity contribution >= 4 is 34.6 Å². The predicted molar refractivity (Wildman–Crippen MR) is 144 cm³/mol. The number of thioether (sulfide) groups is 1. The number of hydrogen-bond donors (Lipinski definition) is 0. The number of para-hydroxylation sites is 1. The molecule has 176 valence electrons. The predicted octanol–water partition coefficient (Wildman–Crippen LogP) is 9.95. The summed E-state index contributed by atoms with van der Waals surface area (Å²) < 4.78 is 0. The maximum absolute atomic E-state index is 4.93. The van der Waals surface area contributed by atoms with Gasteiger partial charge in [0.2, 0.25) is 0 Å². The summed E-state index contributed by atoms with van der Waals surface area (Å²) in [5.74, 6) is 2.08. The van der Waals surface area contributed by atoms with Crippen molar-refractivity contribution in [3.05, 3.63) is 35.5 Å². The zero-order chi connectivity index (χ0) is 22.3. The average molecular weight is 453 g/mol. The normalized spacial score (nSPS) is 13.4. The third kappa shape index (κ3) is 8.54. The lowest BCUT2D eigenvalue weighted by molar-refractivity contribution is 0.533. The van der Waals surface area contributed by atoms with Gasteiger partial charge in [0.1, 0.15) is 0 Å². The summed E-state index contributed by atoms with van der Waals surface area (Å²) in [5, 5.41) is 1.21. The van der Waals surface area contributed by atoms with Crippen LogP contribution in [-0.2, 0) is 11.5 Å². The fraction of sp³-hybridized carbons (Fsp3) is 0.655. The van der Waals surface area contributed by atoms with Crippen molar-refractivity contribution in [2.45, 2.75) is 121 Å². The van der Waals surface area contributed by atoms with Gasteiger partial charge >= 0.3 is 0 Å². The van der Waals surface area contributed by atoms with E-state index in [0.29, 0.717) is 0 Å². The smallest absolute Gasteiger partial charge is 0.0778 e. The Morgan fingerprint density at radius 3 is 2.03 bits per heavy atom. The van der Waals surface area contributed by atoms with E-state index < -0.39 is 0 Å². The number of aliphatic imine (C=N–C) groups is 1. The highest BCUT2D eigenvalue weighted by molar-refractivity contribution is 7.98. The molecule has 0 radical (unpaired) electrons. The Hall–Kier alpha value is -1.35. The summed E-state index contributed by atoms with van der Waals surface area (Å²) in [6.07, 6.45) is 24.5. The van der Waals surface area contributed by atoms with Crippen molar-refractivity contribution in [1.82, 2.24) is 4.98 Å². The van der Waals surface area contributed by atoms with Crippen LogP contribution >= 0.6 is 11.8 Å². The summed E-state index contributed by atoms with van der Waals surface area (Å²) in [5.41, 5.74) is 4.87. The molecule has 0 atom stereocenters. The largest absolute Gasteiger partial charge is 0.260 e. The van der Waals surface area contributed by atoms with Crippen LogP contribution in [0.2, 0.25) is 0 Å². The maximum atomic E-state index is 4.93. The molecule has 0 saturated heterocycles. The zero-order valence-electron chi connectivity index (χ0n) is 20.4. The number of benzene rings is 1. The van der Waals surface area contributed by atoms with Crippen LogP contribution in [0.25, 0.3) is 10.9 Å². The lowest BCUT2D eigenvalue weighted by Crippen LogP contribution is -1.91. The monoisotopic (exact) mass is 452 g/mol. The molecule has 1 aromatic carbocycles. The molecule has 0 saturated carbocycles. The molecule has 1 aliphatic heterocycles. The molecule has 3 rings (SSSR count). The molecule has 0 fully saturated rings. The van der Waals surface area contributed by atoms with Gasteiger partial charge in [0.05, 0.1) is 16.9 Å². The Morgan fingerprint density at radius 2 is 1.38 bits per heavy atom. The van der Waals surface area contributed by atoms with Crippen molar-refractivity contribution in [1.29, 1.82) is 0 Å². The van der Waals surface area contributed by atoms with Gasteiger partial charge in [-0.2, -0.15) is 11.8 Å². The lowest BCUT2D eigenvalue weighted by atomic mass is 10.0. The van der Waals surface area contributed by atoms with E-state index in [0.717, 1.165) is 23.4 Å². The van der Waals surface area contributed by atoms with Crippen LogP contribution in [-0.4, -0.2) is 11.2 Å². The van der Waals surface area contributed by atoms with Gasteiger partial charge in [-0.3, -0.25) is 9.98 Å². The van der Waals surface area contributed by atoms with Crippen molar-refractivity contribution < 1.29 is 0 Å². The molecular weight excluding hydrogens is 408 g/mol. The Labute approximate surface area is 201 Å². The number of fused-ring (bicyclic) bond motifs is 2. The molecule has 3 heteroatoms.